The molecule has 1 aromatic rings. The van der Waals surface area contributed by atoms with Gasteiger partial charge in [0.1, 0.15) is 5.54 Å². The number of hydrogen-bond donors (Lipinski definition) is 3. The third-order valence-electron chi connectivity index (χ3n) is 3.80. The lowest BCUT2D eigenvalue weighted by Gasteiger charge is -2.36. The van der Waals surface area contributed by atoms with E-state index in [4.69, 9.17) is 5.73 Å². The Balaban J connectivity index is 2.36. The van der Waals surface area contributed by atoms with Crippen LogP contribution in [0.25, 0.3) is 0 Å². The van der Waals surface area contributed by atoms with Gasteiger partial charge in [-0.25, -0.2) is 0 Å². The molecule has 1 aliphatic rings. The molecule has 20 heavy (non-hydrogen) atoms. The number of carbonyl (C=O) groups excluding carboxylic acids is 3. The molecule has 3 amide bonds. The van der Waals surface area contributed by atoms with Gasteiger partial charge in [-0.2, -0.15) is 0 Å². The molecule has 0 heterocycles. The maximum Gasteiger partial charge on any atom is 0.248 e. The van der Waals surface area contributed by atoms with Gasteiger partial charge in [-0.05, 0) is 36.1 Å². The van der Waals surface area contributed by atoms with Crippen LogP contribution in [0.4, 0.5) is 0 Å². The lowest BCUT2D eigenvalue weighted by atomic mass is 9.77. The maximum atomic E-state index is 12.1. The first-order valence-corrected chi connectivity index (χ1v) is 6.37. The number of nitrogens with two attached hydrogens (primary N) is 1. The van der Waals surface area contributed by atoms with Gasteiger partial charge in [0.25, 0.3) is 0 Å². The molecule has 0 aliphatic heterocycles. The summed E-state index contributed by atoms with van der Waals surface area (Å²) in [6.07, 6.45) is 2.04. The predicted octanol–water partition coefficient (Wildman–Crippen LogP) is -0.495. The van der Waals surface area contributed by atoms with Gasteiger partial charge in [0.2, 0.25) is 18.2 Å². The van der Waals surface area contributed by atoms with Crippen LogP contribution in [0.15, 0.2) is 18.2 Å². The molecule has 1 aliphatic carbocycles. The molecular weight excluding hydrogens is 258 g/mol. The Morgan fingerprint density at radius 3 is 2.70 bits per heavy atom. The first kappa shape index (κ1) is 14.0. The minimum absolute atomic E-state index is 0.214. The number of fused-ring (bicyclic) bond motifs is 1. The highest BCUT2D eigenvalue weighted by Gasteiger charge is 2.40. The van der Waals surface area contributed by atoms with Crippen LogP contribution in [-0.4, -0.2) is 30.8 Å². The van der Waals surface area contributed by atoms with E-state index in [1.807, 2.05) is 0 Å². The monoisotopic (exact) mass is 275 g/mol. The summed E-state index contributed by atoms with van der Waals surface area (Å²) >= 11 is 0. The molecule has 1 atom stereocenters. The summed E-state index contributed by atoms with van der Waals surface area (Å²) in [5.41, 5.74) is 6.73. The molecule has 0 bridgehead atoms. The Morgan fingerprint density at radius 2 is 2.10 bits per heavy atom. The van der Waals surface area contributed by atoms with E-state index in [9.17, 15) is 14.4 Å². The van der Waals surface area contributed by atoms with Gasteiger partial charge in [-0.3, -0.25) is 14.4 Å². The molecule has 0 saturated carbocycles. The standard InChI is InChI=1S/C14H17N3O3/c1-16-13(20)14(17-8-18)5-4-9-6-10(12(15)19)2-3-11(9)7-14/h2-3,6,8H,4-5,7H2,1H3,(H2,15,19)(H,16,20)(H,17,18). The molecule has 6 heteroatoms. The lowest BCUT2D eigenvalue weighted by Crippen LogP contribution is -2.59. The van der Waals surface area contributed by atoms with Crippen LogP contribution in [-0.2, 0) is 22.4 Å². The number of nitrogens with one attached hydrogen (secondary N) is 2. The molecule has 0 radical (unpaired) electrons. The van der Waals surface area contributed by atoms with E-state index in [0.717, 1.165) is 11.1 Å². The van der Waals surface area contributed by atoms with Crippen molar-refractivity contribution in [3.63, 3.8) is 0 Å². The number of amides is 3. The second-order valence-corrected chi connectivity index (χ2v) is 4.95. The molecule has 0 spiro atoms. The van der Waals surface area contributed by atoms with Crippen molar-refractivity contribution in [2.24, 2.45) is 5.73 Å². The van der Waals surface area contributed by atoms with Gasteiger partial charge in [0, 0.05) is 19.0 Å². The second kappa shape index (κ2) is 5.32. The number of carbonyl (C=O) groups is 3. The molecule has 0 fully saturated rings. The fourth-order valence-electron chi connectivity index (χ4n) is 2.68. The number of aryl methyl sites for hydroxylation is 1. The van der Waals surface area contributed by atoms with Crippen molar-refractivity contribution in [1.29, 1.82) is 0 Å². The van der Waals surface area contributed by atoms with Gasteiger partial charge in [-0.15, -0.1) is 0 Å². The zero-order valence-corrected chi connectivity index (χ0v) is 11.2. The Bertz CT molecular complexity index is 571. The van der Waals surface area contributed by atoms with Crippen molar-refractivity contribution in [2.75, 3.05) is 7.05 Å². The Labute approximate surface area is 116 Å². The van der Waals surface area contributed by atoms with Gasteiger partial charge in [0.05, 0.1) is 0 Å². The average Bonchev–Trinajstić information content (AvgIpc) is 2.45. The first-order chi connectivity index (χ1) is 9.52. The number of primary amides is 1. The molecule has 4 N–H and O–H groups in total. The quantitative estimate of drug-likeness (QED) is 0.646. The SMILES string of the molecule is CNC(=O)C1(NC=O)CCc2cc(C(N)=O)ccc2C1. The summed E-state index contributed by atoms with van der Waals surface area (Å²) in [7, 11) is 1.54. The van der Waals surface area contributed by atoms with Crippen LogP contribution in [0.3, 0.4) is 0 Å². The van der Waals surface area contributed by atoms with Crippen molar-refractivity contribution in [3.8, 4) is 0 Å². The van der Waals surface area contributed by atoms with E-state index in [1.165, 1.54) is 0 Å². The van der Waals surface area contributed by atoms with Crippen LogP contribution in [0, 0.1) is 0 Å². The van der Waals surface area contributed by atoms with Gasteiger partial charge in [-0.1, -0.05) is 6.07 Å². The summed E-state index contributed by atoms with van der Waals surface area (Å²) < 4.78 is 0. The maximum absolute atomic E-state index is 12.1. The normalized spacial score (nSPS) is 20.6. The van der Waals surface area contributed by atoms with Crippen molar-refractivity contribution < 1.29 is 14.4 Å². The van der Waals surface area contributed by atoms with Gasteiger partial charge in [0.15, 0.2) is 0 Å². The molecule has 0 saturated heterocycles. The van der Waals surface area contributed by atoms with E-state index in [0.29, 0.717) is 31.2 Å². The summed E-state index contributed by atoms with van der Waals surface area (Å²) in [6, 6.07) is 5.19. The highest BCUT2D eigenvalue weighted by atomic mass is 16.2. The molecule has 1 aromatic carbocycles. The molecule has 1 unspecified atom stereocenters. The third kappa shape index (κ3) is 2.36. The van der Waals surface area contributed by atoms with Crippen molar-refractivity contribution in [3.05, 3.63) is 34.9 Å². The molecular formula is C14H17N3O3. The second-order valence-electron chi connectivity index (χ2n) is 4.95. The highest BCUT2D eigenvalue weighted by molar-refractivity contribution is 5.93. The summed E-state index contributed by atoms with van der Waals surface area (Å²) in [4.78, 5) is 34.0. The zero-order valence-electron chi connectivity index (χ0n) is 11.2. The smallest absolute Gasteiger partial charge is 0.248 e. The summed E-state index contributed by atoms with van der Waals surface area (Å²) in [5, 5.41) is 5.23. The van der Waals surface area contributed by atoms with Crippen LogP contribution in [0.1, 0.15) is 27.9 Å². The zero-order chi connectivity index (χ0) is 14.8. The molecule has 6 nitrogen and oxygen atoms in total. The largest absolute Gasteiger partial charge is 0.366 e. The fraction of sp³-hybridized carbons (Fsp3) is 0.357. The Morgan fingerprint density at radius 1 is 1.35 bits per heavy atom. The van der Waals surface area contributed by atoms with Gasteiger partial charge >= 0.3 is 0 Å². The summed E-state index contributed by atoms with van der Waals surface area (Å²) in [6.45, 7) is 0. The number of benzene rings is 1. The third-order valence-corrected chi connectivity index (χ3v) is 3.80. The van der Waals surface area contributed by atoms with Crippen LogP contribution < -0.4 is 16.4 Å². The molecule has 0 aromatic heterocycles. The van der Waals surface area contributed by atoms with Crippen molar-refractivity contribution in [2.45, 2.75) is 24.8 Å². The lowest BCUT2D eigenvalue weighted by molar-refractivity contribution is -0.130. The highest BCUT2D eigenvalue weighted by Crippen LogP contribution is 2.29. The van der Waals surface area contributed by atoms with E-state index >= 15 is 0 Å². The van der Waals surface area contributed by atoms with Crippen LogP contribution >= 0.6 is 0 Å². The van der Waals surface area contributed by atoms with Crippen molar-refractivity contribution in [1.82, 2.24) is 10.6 Å². The van der Waals surface area contributed by atoms with E-state index < -0.39 is 11.4 Å². The topological polar surface area (TPSA) is 101 Å². The predicted molar refractivity (Wildman–Crippen MR) is 73.0 cm³/mol. The summed E-state index contributed by atoms with van der Waals surface area (Å²) in [5.74, 6) is -0.684. The van der Waals surface area contributed by atoms with Gasteiger partial charge < -0.3 is 16.4 Å². The number of rotatable bonds is 4. The Kier molecular flexibility index (Phi) is 3.74. The number of hydrogen-bond acceptors (Lipinski definition) is 3. The van der Waals surface area contributed by atoms with E-state index in [1.54, 1.807) is 25.2 Å². The fourth-order valence-corrected chi connectivity index (χ4v) is 2.68. The van der Waals surface area contributed by atoms with E-state index in [2.05, 4.69) is 10.6 Å². The molecule has 106 valence electrons. The first-order valence-electron chi connectivity index (χ1n) is 6.37. The van der Waals surface area contributed by atoms with Crippen molar-refractivity contribution >= 4 is 18.2 Å². The minimum Gasteiger partial charge on any atom is -0.366 e. The van der Waals surface area contributed by atoms with E-state index in [-0.39, 0.29) is 5.91 Å². The minimum atomic E-state index is -0.919. The number of likely N-dealkylation sites (N-methyl/N-ethyl adjacent to an activating group) is 1. The average molecular weight is 275 g/mol. The Hall–Kier alpha value is -2.37. The van der Waals surface area contributed by atoms with Crippen LogP contribution in [0.5, 0.6) is 0 Å². The van der Waals surface area contributed by atoms with Crippen LogP contribution in [0.2, 0.25) is 0 Å². The molecule has 2 rings (SSSR count).